The van der Waals surface area contributed by atoms with E-state index in [1.807, 2.05) is 42.5 Å². The molecule has 2 aromatic rings. The number of benzene rings is 2. The highest BCUT2D eigenvalue weighted by Gasteiger charge is 2.15. The highest BCUT2D eigenvalue weighted by Crippen LogP contribution is 2.26. The number of urea groups is 1. The lowest BCUT2D eigenvalue weighted by molar-refractivity contribution is -0.116. The van der Waals surface area contributed by atoms with Crippen LogP contribution in [0.4, 0.5) is 21.9 Å². The maximum Gasteiger partial charge on any atom is 0.319 e. The molecule has 0 spiro atoms. The first kappa shape index (κ1) is 18.7. The van der Waals surface area contributed by atoms with E-state index in [1.165, 1.54) is 0 Å². The van der Waals surface area contributed by atoms with Crippen LogP contribution in [-0.4, -0.2) is 44.8 Å². The summed E-state index contributed by atoms with van der Waals surface area (Å²) in [5.74, 6) is -0.143. The van der Waals surface area contributed by atoms with Gasteiger partial charge in [-0.2, -0.15) is 0 Å². The fourth-order valence-corrected chi connectivity index (χ4v) is 2.86. The van der Waals surface area contributed by atoms with Crippen molar-refractivity contribution in [3.05, 3.63) is 54.6 Å². The van der Waals surface area contributed by atoms with Gasteiger partial charge in [-0.15, -0.1) is 0 Å². The molecule has 1 aliphatic rings. The standard InChI is InChI=1S/C20H24N4O3/c25-19(10-11-21-20(26)22-16-6-2-1-3-7-16)23-17-8-4-5-9-18(17)24-12-14-27-15-13-24/h1-9H,10-15H2,(H,23,25)(H2,21,22,26). The van der Waals surface area contributed by atoms with E-state index in [0.717, 1.165) is 24.5 Å². The zero-order chi connectivity index (χ0) is 18.9. The van der Waals surface area contributed by atoms with Crippen molar-refractivity contribution < 1.29 is 14.3 Å². The molecular weight excluding hydrogens is 344 g/mol. The lowest BCUT2D eigenvalue weighted by Crippen LogP contribution is -2.37. The number of carbonyl (C=O) groups excluding carboxylic acids is 2. The van der Waals surface area contributed by atoms with Crippen molar-refractivity contribution >= 4 is 29.0 Å². The maximum atomic E-state index is 12.3. The van der Waals surface area contributed by atoms with Crippen LogP contribution in [0.25, 0.3) is 0 Å². The predicted molar refractivity (Wildman–Crippen MR) is 106 cm³/mol. The molecule has 0 atom stereocenters. The number of amides is 3. The van der Waals surface area contributed by atoms with Gasteiger partial charge in [-0.25, -0.2) is 4.79 Å². The summed E-state index contributed by atoms with van der Waals surface area (Å²) >= 11 is 0. The molecule has 27 heavy (non-hydrogen) atoms. The van der Waals surface area contributed by atoms with E-state index < -0.39 is 0 Å². The molecule has 142 valence electrons. The first-order valence-electron chi connectivity index (χ1n) is 9.04. The van der Waals surface area contributed by atoms with Gasteiger partial charge in [0.25, 0.3) is 0 Å². The Labute approximate surface area is 158 Å². The molecule has 7 nitrogen and oxygen atoms in total. The van der Waals surface area contributed by atoms with Crippen molar-refractivity contribution in [2.45, 2.75) is 6.42 Å². The summed E-state index contributed by atoms with van der Waals surface area (Å²) in [6.45, 7) is 3.22. The Hall–Kier alpha value is -3.06. The molecule has 0 aromatic heterocycles. The van der Waals surface area contributed by atoms with Crippen molar-refractivity contribution in [1.29, 1.82) is 0 Å². The van der Waals surface area contributed by atoms with Gasteiger partial charge >= 0.3 is 6.03 Å². The number of nitrogens with zero attached hydrogens (tertiary/aromatic N) is 1. The molecule has 1 heterocycles. The number of hydrogen-bond donors (Lipinski definition) is 3. The average Bonchev–Trinajstić information content (AvgIpc) is 2.70. The molecule has 3 amide bonds. The summed E-state index contributed by atoms with van der Waals surface area (Å²) in [6.07, 6.45) is 0.194. The van der Waals surface area contributed by atoms with Crippen LogP contribution in [0.2, 0.25) is 0 Å². The van der Waals surface area contributed by atoms with Crippen LogP contribution in [0.15, 0.2) is 54.6 Å². The highest BCUT2D eigenvalue weighted by atomic mass is 16.5. The zero-order valence-corrected chi connectivity index (χ0v) is 15.1. The van der Waals surface area contributed by atoms with Crippen LogP contribution in [0.1, 0.15) is 6.42 Å². The van der Waals surface area contributed by atoms with E-state index in [4.69, 9.17) is 4.74 Å². The first-order valence-corrected chi connectivity index (χ1v) is 9.04. The molecule has 0 aliphatic carbocycles. The Bertz CT molecular complexity index is 761. The van der Waals surface area contributed by atoms with Gasteiger partial charge in [-0.05, 0) is 24.3 Å². The third-order valence-electron chi connectivity index (χ3n) is 4.20. The second-order valence-corrected chi connectivity index (χ2v) is 6.16. The molecule has 2 aromatic carbocycles. The largest absolute Gasteiger partial charge is 0.378 e. The molecule has 0 saturated carbocycles. The van der Waals surface area contributed by atoms with Crippen LogP contribution in [-0.2, 0) is 9.53 Å². The van der Waals surface area contributed by atoms with Crippen molar-refractivity contribution in [1.82, 2.24) is 5.32 Å². The minimum Gasteiger partial charge on any atom is -0.378 e. The fourth-order valence-electron chi connectivity index (χ4n) is 2.86. The van der Waals surface area contributed by atoms with Crippen molar-refractivity contribution in [3.63, 3.8) is 0 Å². The number of carbonyl (C=O) groups is 2. The molecule has 1 fully saturated rings. The van der Waals surface area contributed by atoms with Crippen LogP contribution >= 0.6 is 0 Å². The topological polar surface area (TPSA) is 82.7 Å². The maximum absolute atomic E-state index is 12.3. The van der Waals surface area contributed by atoms with Gasteiger partial charge in [0.1, 0.15) is 0 Å². The Morgan fingerprint density at radius 1 is 0.926 bits per heavy atom. The smallest absolute Gasteiger partial charge is 0.319 e. The Morgan fingerprint density at radius 2 is 1.63 bits per heavy atom. The molecule has 3 rings (SSSR count). The van der Waals surface area contributed by atoms with Gasteiger partial charge in [0.2, 0.25) is 5.91 Å². The minimum absolute atomic E-state index is 0.143. The van der Waals surface area contributed by atoms with Gasteiger partial charge in [0, 0.05) is 31.7 Å². The highest BCUT2D eigenvalue weighted by molar-refractivity contribution is 5.95. The Balaban J connectivity index is 1.46. The molecule has 0 bridgehead atoms. The summed E-state index contributed by atoms with van der Waals surface area (Å²) < 4.78 is 5.39. The summed E-state index contributed by atoms with van der Waals surface area (Å²) in [7, 11) is 0. The van der Waals surface area contributed by atoms with Crippen molar-refractivity contribution in [2.24, 2.45) is 0 Å². The average molecular weight is 368 g/mol. The molecular formula is C20H24N4O3. The zero-order valence-electron chi connectivity index (χ0n) is 15.1. The lowest BCUT2D eigenvalue weighted by Gasteiger charge is -2.30. The molecule has 3 N–H and O–H groups in total. The minimum atomic E-state index is -0.331. The number of ether oxygens (including phenoxy) is 1. The van der Waals surface area contributed by atoms with E-state index in [-0.39, 0.29) is 24.9 Å². The van der Waals surface area contributed by atoms with E-state index >= 15 is 0 Å². The summed E-state index contributed by atoms with van der Waals surface area (Å²) in [5.41, 5.74) is 2.47. The van der Waals surface area contributed by atoms with Gasteiger partial charge in [0.15, 0.2) is 0 Å². The van der Waals surface area contributed by atoms with Crippen molar-refractivity contribution in [2.75, 3.05) is 48.4 Å². The monoisotopic (exact) mass is 368 g/mol. The normalized spacial score (nSPS) is 13.7. The van der Waals surface area contributed by atoms with Gasteiger partial charge < -0.3 is 25.6 Å². The van der Waals surface area contributed by atoms with E-state index in [0.29, 0.717) is 18.9 Å². The molecule has 7 heteroatoms. The predicted octanol–water partition coefficient (Wildman–Crippen LogP) is 2.67. The number of morpholine rings is 1. The number of rotatable bonds is 6. The summed E-state index contributed by atoms with van der Waals surface area (Å²) in [5, 5.41) is 8.34. The second kappa shape index (κ2) is 9.59. The lowest BCUT2D eigenvalue weighted by atomic mass is 10.2. The molecule has 1 saturated heterocycles. The Morgan fingerprint density at radius 3 is 2.41 bits per heavy atom. The second-order valence-electron chi connectivity index (χ2n) is 6.16. The third-order valence-corrected chi connectivity index (χ3v) is 4.20. The number of nitrogens with one attached hydrogen (secondary N) is 3. The van der Waals surface area contributed by atoms with Gasteiger partial charge in [-0.1, -0.05) is 30.3 Å². The van der Waals surface area contributed by atoms with Crippen LogP contribution < -0.4 is 20.9 Å². The van der Waals surface area contributed by atoms with Crippen LogP contribution in [0.5, 0.6) is 0 Å². The van der Waals surface area contributed by atoms with E-state index in [1.54, 1.807) is 12.1 Å². The number of para-hydroxylation sites is 3. The molecule has 0 unspecified atom stereocenters. The number of hydrogen-bond acceptors (Lipinski definition) is 4. The van der Waals surface area contributed by atoms with Gasteiger partial charge in [-0.3, -0.25) is 4.79 Å². The Kier molecular flexibility index (Phi) is 6.65. The van der Waals surface area contributed by atoms with Crippen LogP contribution in [0, 0.1) is 0 Å². The van der Waals surface area contributed by atoms with Crippen molar-refractivity contribution in [3.8, 4) is 0 Å². The van der Waals surface area contributed by atoms with Crippen LogP contribution in [0.3, 0.4) is 0 Å². The molecule has 0 radical (unpaired) electrons. The quantitative estimate of drug-likeness (QED) is 0.732. The van der Waals surface area contributed by atoms with Gasteiger partial charge in [0.05, 0.1) is 24.6 Å². The van der Waals surface area contributed by atoms with E-state index in [9.17, 15) is 9.59 Å². The molecule has 1 aliphatic heterocycles. The first-order chi connectivity index (χ1) is 13.2. The number of anilines is 3. The fraction of sp³-hybridized carbons (Fsp3) is 0.300. The SMILES string of the molecule is O=C(CCNC(=O)Nc1ccccc1)Nc1ccccc1N1CCOCC1. The summed E-state index contributed by atoms with van der Waals surface area (Å²) in [4.78, 5) is 26.3. The third kappa shape index (κ3) is 5.72. The summed E-state index contributed by atoms with van der Waals surface area (Å²) in [6, 6.07) is 16.6. The van der Waals surface area contributed by atoms with E-state index in [2.05, 4.69) is 20.9 Å².